The number of rotatable bonds is 7. The molecule has 12 heavy (non-hydrogen) atoms. The van der Waals surface area contributed by atoms with Crippen molar-refractivity contribution >= 4 is 10.2 Å². The molecule has 0 aliphatic rings. The van der Waals surface area contributed by atoms with Crippen LogP contribution in [0.3, 0.4) is 0 Å². The molecule has 0 bridgehead atoms. The molecule has 0 aliphatic heterocycles. The van der Waals surface area contributed by atoms with Crippen LogP contribution in [0.15, 0.2) is 0 Å². The largest absolute Gasteiger partial charge is 0.353 e. The average molecular weight is 190 g/mol. The van der Waals surface area contributed by atoms with Crippen LogP contribution in [0.25, 0.3) is 0 Å². The third-order valence-corrected chi connectivity index (χ3v) is 2.26. The van der Waals surface area contributed by atoms with E-state index in [1.807, 2.05) is 13.8 Å². The molecule has 0 amide bonds. The van der Waals surface area contributed by atoms with Gasteiger partial charge in [0.25, 0.3) is 0 Å². The fourth-order valence-electron chi connectivity index (χ4n) is 1.06. The minimum Gasteiger partial charge on any atom is -0.353 e. The third kappa shape index (κ3) is 6.82. The summed E-state index contributed by atoms with van der Waals surface area (Å²) in [7, 11) is 1.27. The lowest BCUT2D eigenvalue weighted by Crippen LogP contribution is -2.17. The maximum atomic E-state index is 5.43. The van der Waals surface area contributed by atoms with Gasteiger partial charge in [-0.25, -0.2) is 0 Å². The first kappa shape index (κ1) is 12.1. The second-order valence-electron chi connectivity index (χ2n) is 3.31. The van der Waals surface area contributed by atoms with Crippen molar-refractivity contribution < 1.29 is 9.47 Å². The van der Waals surface area contributed by atoms with Crippen LogP contribution in [-0.4, -0.2) is 29.7 Å². The molecule has 0 rings (SSSR count). The number of ether oxygens (including phenoxy) is 2. The second kappa shape index (κ2) is 7.77. The van der Waals surface area contributed by atoms with Crippen LogP contribution in [0.4, 0.5) is 0 Å². The zero-order valence-electron chi connectivity index (χ0n) is 8.80. The van der Waals surface area contributed by atoms with Crippen LogP contribution in [0.2, 0.25) is 5.54 Å². The van der Waals surface area contributed by atoms with E-state index >= 15 is 0 Å². The molecule has 0 aromatic heterocycles. The van der Waals surface area contributed by atoms with Crippen LogP contribution in [0.5, 0.6) is 0 Å². The maximum Gasteiger partial charge on any atom is 0.157 e. The van der Waals surface area contributed by atoms with Gasteiger partial charge < -0.3 is 9.47 Å². The van der Waals surface area contributed by atoms with Gasteiger partial charge in [-0.2, -0.15) is 0 Å². The van der Waals surface area contributed by atoms with E-state index in [9.17, 15) is 0 Å². The van der Waals surface area contributed by atoms with Crippen LogP contribution in [0.1, 0.15) is 33.6 Å². The molecule has 0 saturated heterocycles. The molecule has 0 aromatic rings. The smallest absolute Gasteiger partial charge is 0.157 e. The summed E-state index contributed by atoms with van der Waals surface area (Å²) >= 11 is 0. The van der Waals surface area contributed by atoms with Crippen LogP contribution >= 0.6 is 0 Å². The lowest BCUT2D eigenvalue weighted by atomic mass is 10.2. The molecule has 0 aliphatic carbocycles. The highest BCUT2D eigenvalue weighted by atomic mass is 28.1. The molecule has 0 heterocycles. The first-order valence-corrected chi connectivity index (χ1v) is 6.09. The molecule has 0 radical (unpaired) electrons. The van der Waals surface area contributed by atoms with Gasteiger partial charge in [-0.1, -0.05) is 12.5 Å². The van der Waals surface area contributed by atoms with Gasteiger partial charge >= 0.3 is 0 Å². The Labute approximate surface area is 79.1 Å². The molecule has 0 N–H and O–H groups in total. The van der Waals surface area contributed by atoms with E-state index in [4.69, 9.17) is 9.47 Å². The summed E-state index contributed by atoms with van der Waals surface area (Å²) in [6.07, 6.45) is 2.32. The van der Waals surface area contributed by atoms with Gasteiger partial charge in [0.15, 0.2) is 6.29 Å². The third-order valence-electron chi connectivity index (χ3n) is 1.68. The Morgan fingerprint density at radius 3 is 1.92 bits per heavy atom. The predicted molar refractivity (Wildman–Crippen MR) is 55.6 cm³/mol. The van der Waals surface area contributed by atoms with Gasteiger partial charge in [0, 0.05) is 23.5 Å². The minimum atomic E-state index is 0.0383. The first-order valence-electron chi connectivity index (χ1n) is 4.93. The van der Waals surface area contributed by atoms with Crippen LogP contribution < -0.4 is 0 Å². The lowest BCUT2D eigenvalue weighted by molar-refractivity contribution is -0.140. The highest BCUT2D eigenvalue weighted by Crippen LogP contribution is 2.12. The number of hydrogen-bond acceptors (Lipinski definition) is 2. The Morgan fingerprint density at radius 1 is 1.08 bits per heavy atom. The van der Waals surface area contributed by atoms with Gasteiger partial charge in [-0.15, -0.1) is 0 Å². The Kier molecular flexibility index (Phi) is 7.86. The number of hydrogen-bond donors (Lipinski definition) is 0. The highest BCUT2D eigenvalue weighted by molar-refractivity contribution is 6.11. The summed E-state index contributed by atoms with van der Waals surface area (Å²) in [5, 5.41) is 0. The highest BCUT2D eigenvalue weighted by Gasteiger charge is 2.07. The van der Waals surface area contributed by atoms with E-state index in [1.165, 1.54) is 16.7 Å². The Hall–Kier alpha value is 0.137. The lowest BCUT2D eigenvalue weighted by Gasteiger charge is -2.17. The van der Waals surface area contributed by atoms with Crippen molar-refractivity contribution in [2.75, 3.05) is 13.2 Å². The first-order chi connectivity index (χ1) is 5.70. The zero-order chi connectivity index (χ0) is 9.40. The molecular formula is C9H22O2Si. The molecule has 3 heteroatoms. The molecule has 74 valence electrons. The van der Waals surface area contributed by atoms with Crippen molar-refractivity contribution in [3.63, 3.8) is 0 Å². The van der Waals surface area contributed by atoms with Crippen molar-refractivity contribution in [3.05, 3.63) is 0 Å². The monoisotopic (exact) mass is 190 g/mol. The van der Waals surface area contributed by atoms with E-state index < -0.39 is 0 Å². The normalized spacial score (nSPS) is 14.0. The summed E-state index contributed by atoms with van der Waals surface area (Å²) < 4.78 is 10.9. The standard InChI is InChI=1S/C9H22O2Si/c1-4-10-9(11-5-2)7-6-8(3)12/h8-9H,4-7H2,1-3,12H3. The second-order valence-corrected chi connectivity index (χ2v) is 5.28. The molecule has 0 saturated carbocycles. The zero-order valence-corrected chi connectivity index (χ0v) is 10.8. The molecule has 0 aromatic carbocycles. The van der Waals surface area contributed by atoms with Crippen molar-refractivity contribution in [3.8, 4) is 0 Å². The predicted octanol–water partition coefficient (Wildman–Crippen LogP) is 1.34. The van der Waals surface area contributed by atoms with Crippen molar-refractivity contribution in [1.29, 1.82) is 0 Å². The molecule has 2 nitrogen and oxygen atoms in total. The van der Waals surface area contributed by atoms with Crippen LogP contribution in [-0.2, 0) is 9.47 Å². The summed E-state index contributed by atoms with van der Waals surface area (Å²) in [5.74, 6) is 0. The molecule has 0 spiro atoms. The van der Waals surface area contributed by atoms with Crippen LogP contribution in [0, 0.1) is 0 Å². The van der Waals surface area contributed by atoms with Gasteiger partial charge in [-0.3, -0.25) is 0 Å². The van der Waals surface area contributed by atoms with E-state index in [0.29, 0.717) is 0 Å². The summed E-state index contributed by atoms with van der Waals surface area (Å²) in [6.45, 7) is 7.80. The SMILES string of the molecule is CCOC(CCC(C)[SiH3])OCC. The molecular weight excluding hydrogens is 168 g/mol. The summed E-state index contributed by atoms with van der Waals surface area (Å²) in [6, 6.07) is 0. The molecule has 1 unspecified atom stereocenters. The Morgan fingerprint density at radius 2 is 1.58 bits per heavy atom. The quantitative estimate of drug-likeness (QED) is 0.445. The van der Waals surface area contributed by atoms with E-state index in [-0.39, 0.29) is 6.29 Å². The average Bonchev–Trinajstić information content (AvgIpc) is 2.01. The van der Waals surface area contributed by atoms with Gasteiger partial charge in [0.2, 0.25) is 0 Å². The topological polar surface area (TPSA) is 18.5 Å². The van der Waals surface area contributed by atoms with E-state index in [2.05, 4.69) is 6.92 Å². The van der Waals surface area contributed by atoms with Gasteiger partial charge in [0.1, 0.15) is 0 Å². The summed E-state index contributed by atoms with van der Waals surface area (Å²) in [4.78, 5) is 0. The Bertz CT molecular complexity index is 90.5. The van der Waals surface area contributed by atoms with E-state index in [1.54, 1.807) is 0 Å². The van der Waals surface area contributed by atoms with Gasteiger partial charge in [0.05, 0.1) is 0 Å². The summed E-state index contributed by atoms with van der Waals surface area (Å²) in [5.41, 5.74) is 0.869. The fourth-order valence-corrected chi connectivity index (χ4v) is 1.39. The van der Waals surface area contributed by atoms with Crippen molar-refractivity contribution in [2.45, 2.75) is 45.4 Å². The Balaban J connectivity index is 3.48. The molecule has 0 fully saturated rings. The maximum absolute atomic E-state index is 5.43. The van der Waals surface area contributed by atoms with Crippen molar-refractivity contribution in [1.82, 2.24) is 0 Å². The fraction of sp³-hybridized carbons (Fsp3) is 1.00. The van der Waals surface area contributed by atoms with E-state index in [0.717, 1.165) is 25.2 Å². The van der Waals surface area contributed by atoms with Crippen molar-refractivity contribution in [2.24, 2.45) is 0 Å². The minimum absolute atomic E-state index is 0.0383. The van der Waals surface area contributed by atoms with Gasteiger partial charge in [-0.05, 0) is 26.7 Å². The molecule has 1 atom stereocenters.